The molecule has 1 N–H and O–H groups in total. The Balaban J connectivity index is 2.22. The maximum Gasteiger partial charge on any atom is 0.242 e. The molecule has 0 bridgehead atoms. The van der Waals surface area contributed by atoms with Crippen molar-refractivity contribution < 1.29 is 9.59 Å². The van der Waals surface area contributed by atoms with Gasteiger partial charge in [-0.1, -0.05) is 70.7 Å². The van der Waals surface area contributed by atoms with E-state index in [-0.39, 0.29) is 18.2 Å². The first-order valence-corrected chi connectivity index (χ1v) is 11.1. The average Bonchev–Trinajstić information content (AvgIpc) is 2.68. The number of amides is 2. The first-order valence-electron chi connectivity index (χ1n) is 9.57. The molecule has 2 aromatic rings. The molecule has 0 aliphatic carbocycles. The van der Waals surface area contributed by atoms with Crippen molar-refractivity contribution in [3.8, 4) is 0 Å². The van der Waals surface area contributed by atoms with Gasteiger partial charge in [0.1, 0.15) is 6.04 Å². The van der Waals surface area contributed by atoms with Crippen LogP contribution >= 0.6 is 39.1 Å². The zero-order valence-electron chi connectivity index (χ0n) is 16.6. The molecule has 0 saturated carbocycles. The number of benzene rings is 2. The molecule has 0 spiro atoms. The van der Waals surface area contributed by atoms with Gasteiger partial charge in [0, 0.05) is 27.6 Å². The van der Waals surface area contributed by atoms with Gasteiger partial charge in [-0.3, -0.25) is 9.59 Å². The minimum Gasteiger partial charge on any atom is -0.354 e. The summed E-state index contributed by atoms with van der Waals surface area (Å²) in [6, 6.07) is 12.2. The Morgan fingerprint density at radius 2 is 1.93 bits per heavy atom. The highest BCUT2D eigenvalue weighted by molar-refractivity contribution is 9.10. The van der Waals surface area contributed by atoms with Crippen LogP contribution in [-0.4, -0.2) is 29.3 Å². The summed E-state index contributed by atoms with van der Waals surface area (Å²) in [5.74, 6) is -0.337. The lowest BCUT2D eigenvalue weighted by Crippen LogP contribution is -2.48. The van der Waals surface area contributed by atoms with Crippen LogP contribution in [0.25, 0.3) is 0 Å². The predicted octanol–water partition coefficient (Wildman–Crippen LogP) is 5.63. The topological polar surface area (TPSA) is 49.4 Å². The lowest BCUT2D eigenvalue weighted by atomic mass is 10.1. The summed E-state index contributed by atoms with van der Waals surface area (Å²) in [6.07, 6.45) is 1.99. The minimum absolute atomic E-state index is 0.0938. The fourth-order valence-corrected chi connectivity index (χ4v) is 3.80. The zero-order valence-corrected chi connectivity index (χ0v) is 19.6. The van der Waals surface area contributed by atoms with Crippen LogP contribution in [0.5, 0.6) is 0 Å². The molecule has 2 amide bonds. The van der Waals surface area contributed by atoms with Crippen LogP contribution in [0.3, 0.4) is 0 Å². The Hall–Kier alpha value is -1.56. The number of nitrogens with one attached hydrogen (secondary N) is 1. The summed E-state index contributed by atoms with van der Waals surface area (Å²) in [7, 11) is 0. The van der Waals surface area contributed by atoms with Gasteiger partial charge in [-0.25, -0.2) is 0 Å². The lowest BCUT2D eigenvalue weighted by Gasteiger charge is -2.29. The largest absolute Gasteiger partial charge is 0.354 e. The molecule has 0 fully saturated rings. The van der Waals surface area contributed by atoms with E-state index < -0.39 is 6.04 Å². The second-order valence-electron chi connectivity index (χ2n) is 6.88. The normalized spacial score (nSPS) is 11.8. The van der Waals surface area contributed by atoms with E-state index >= 15 is 0 Å². The van der Waals surface area contributed by atoms with Gasteiger partial charge in [0.15, 0.2) is 0 Å². The summed E-state index contributed by atoms with van der Waals surface area (Å²) in [5.41, 5.74) is 1.61. The van der Waals surface area contributed by atoms with Crippen LogP contribution in [-0.2, 0) is 22.6 Å². The highest BCUT2D eigenvalue weighted by Crippen LogP contribution is 2.23. The van der Waals surface area contributed by atoms with Crippen molar-refractivity contribution in [1.82, 2.24) is 10.2 Å². The molecular formula is C22H25BrCl2N2O2. The van der Waals surface area contributed by atoms with Gasteiger partial charge >= 0.3 is 0 Å². The third kappa shape index (κ3) is 7.32. The lowest BCUT2D eigenvalue weighted by molar-refractivity contribution is -0.140. The van der Waals surface area contributed by atoms with E-state index in [1.54, 1.807) is 30.0 Å². The van der Waals surface area contributed by atoms with Crippen molar-refractivity contribution in [2.45, 2.75) is 45.7 Å². The van der Waals surface area contributed by atoms with Crippen molar-refractivity contribution in [3.63, 3.8) is 0 Å². The Kier molecular flexibility index (Phi) is 9.47. The van der Waals surface area contributed by atoms with Crippen LogP contribution in [0.4, 0.5) is 0 Å². The van der Waals surface area contributed by atoms with Crippen LogP contribution in [0, 0.1) is 0 Å². The van der Waals surface area contributed by atoms with E-state index in [0.29, 0.717) is 28.7 Å². The van der Waals surface area contributed by atoms with Crippen molar-refractivity contribution in [2.24, 2.45) is 0 Å². The molecule has 0 heterocycles. The summed E-state index contributed by atoms with van der Waals surface area (Å²) < 4.78 is 0.920. The SMILES string of the molecule is CCCCNC(=O)[C@H](C)N(Cc1cccc(Br)c1)C(=O)Cc1ccc(Cl)cc1Cl. The number of halogens is 3. The fraction of sp³-hybridized carbons (Fsp3) is 0.364. The number of hydrogen-bond donors (Lipinski definition) is 1. The van der Waals surface area contributed by atoms with Crippen molar-refractivity contribution in [3.05, 3.63) is 68.1 Å². The third-order valence-electron chi connectivity index (χ3n) is 4.60. The first-order chi connectivity index (χ1) is 13.8. The standard InChI is InChI=1S/C22H25BrCl2N2O2/c1-3-4-10-26-22(29)15(2)27(14-16-6-5-7-18(23)11-16)21(28)12-17-8-9-19(24)13-20(17)25/h5-9,11,13,15H,3-4,10,12,14H2,1-2H3,(H,26,29)/t15-/m0/s1. The number of carbonyl (C=O) groups excluding carboxylic acids is 2. The molecule has 156 valence electrons. The Morgan fingerprint density at radius 1 is 1.17 bits per heavy atom. The summed E-state index contributed by atoms with van der Waals surface area (Å²) in [5, 5.41) is 3.87. The van der Waals surface area contributed by atoms with Crippen LogP contribution in [0.2, 0.25) is 10.0 Å². The maximum atomic E-state index is 13.2. The van der Waals surface area contributed by atoms with Gasteiger partial charge in [0.05, 0.1) is 6.42 Å². The van der Waals surface area contributed by atoms with Gasteiger partial charge in [-0.15, -0.1) is 0 Å². The van der Waals surface area contributed by atoms with Gasteiger partial charge in [-0.2, -0.15) is 0 Å². The molecule has 29 heavy (non-hydrogen) atoms. The molecule has 2 rings (SSSR count). The van der Waals surface area contributed by atoms with E-state index in [0.717, 1.165) is 22.9 Å². The van der Waals surface area contributed by atoms with E-state index in [1.165, 1.54) is 0 Å². The van der Waals surface area contributed by atoms with Crippen LogP contribution in [0.1, 0.15) is 37.8 Å². The highest BCUT2D eigenvalue weighted by Gasteiger charge is 2.26. The van der Waals surface area contributed by atoms with Crippen molar-refractivity contribution in [1.29, 1.82) is 0 Å². The van der Waals surface area contributed by atoms with Crippen LogP contribution < -0.4 is 5.32 Å². The molecule has 4 nitrogen and oxygen atoms in total. The number of rotatable bonds is 9. The molecule has 0 unspecified atom stereocenters. The van der Waals surface area contributed by atoms with Gasteiger partial charge in [0.2, 0.25) is 11.8 Å². The summed E-state index contributed by atoms with van der Waals surface area (Å²) >= 11 is 15.7. The first kappa shape index (κ1) is 23.7. The molecule has 1 atom stereocenters. The molecule has 0 aliphatic heterocycles. The number of nitrogens with zero attached hydrogens (tertiary/aromatic N) is 1. The second-order valence-corrected chi connectivity index (χ2v) is 8.64. The number of unbranched alkanes of at least 4 members (excludes halogenated alkanes) is 1. The number of carbonyl (C=O) groups is 2. The van der Waals surface area contributed by atoms with E-state index in [9.17, 15) is 9.59 Å². The highest BCUT2D eigenvalue weighted by atomic mass is 79.9. The monoisotopic (exact) mass is 498 g/mol. The predicted molar refractivity (Wildman–Crippen MR) is 122 cm³/mol. The Morgan fingerprint density at radius 3 is 2.59 bits per heavy atom. The van der Waals surface area contributed by atoms with Crippen LogP contribution in [0.15, 0.2) is 46.9 Å². The Labute approximate surface area is 190 Å². The average molecular weight is 500 g/mol. The van der Waals surface area contributed by atoms with E-state index in [1.807, 2.05) is 24.3 Å². The van der Waals surface area contributed by atoms with Crippen molar-refractivity contribution in [2.75, 3.05) is 6.54 Å². The summed E-state index contributed by atoms with van der Waals surface area (Å²) in [6.45, 7) is 4.74. The Bertz CT molecular complexity index is 860. The molecule has 2 aromatic carbocycles. The zero-order chi connectivity index (χ0) is 21.4. The van der Waals surface area contributed by atoms with Gasteiger partial charge in [-0.05, 0) is 48.7 Å². The fourth-order valence-electron chi connectivity index (χ4n) is 2.88. The number of hydrogen-bond acceptors (Lipinski definition) is 2. The minimum atomic E-state index is -0.607. The second kappa shape index (κ2) is 11.6. The molecule has 0 radical (unpaired) electrons. The molecule has 7 heteroatoms. The summed E-state index contributed by atoms with van der Waals surface area (Å²) in [4.78, 5) is 27.4. The molecule has 0 aliphatic rings. The molecular weight excluding hydrogens is 475 g/mol. The van der Waals surface area contributed by atoms with Gasteiger partial charge in [0.25, 0.3) is 0 Å². The van der Waals surface area contributed by atoms with E-state index in [2.05, 4.69) is 28.2 Å². The van der Waals surface area contributed by atoms with Crippen molar-refractivity contribution >= 4 is 50.9 Å². The molecule has 0 saturated heterocycles. The quantitative estimate of drug-likeness (QED) is 0.454. The maximum absolute atomic E-state index is 13.2. The molecule has 0 aromatic heterocycles. The third-order valence-corrected chi connectivity index (χ3v) is 5.68. The van der Waals surface area contributed by atoms with E-state index in [4.69, 9.17) is 23.2 Å². The smallest absolute Gasteiger partial charge is 0.242 e. The van der Waals surface area contributed by atoms with Gasteiger partial charge < -0.3 is 10.2 Å².